The molecule has 2 N–H and O–H groups in total. The summed E-state index contributed by atoms with van der Waals surface area (Å²) < 4.78 is 25.8. The maximum Gasteiger partial charge on any atom is 0.159 e. The number of rotatable bonds is 8. The van der Waals surface area contributed by atoms with Gasteiger partial charge in [0.25, 0.3) is 0 Å². The molecular weight excluding hydrogens is 248 g/mol. The number of unbranched alkanes of at least 4 members (excludes halogenated alkanes) is 2. The Morgan fingerprint density at radius 3 is 2.58 bits per heavy atom. The van der Waals surface area contributed by atoms with E-state index in [0.717, 1.165) is 25.0 Å². The maximum absolute atomic E-state index is 13.0. The summed E-state index contributed by atoms with van der Waals surface area (Å²) in [5.41, 5.74) is 0.396. The lowest BCUT2D eigenvalue weighted by atomic mass is 10.1. The lowest BCUT2D eigenvalue weighted by molar-refractivity contribution is 0.169. The molecule has 1 rings (SSSR count). The van der Waals surface area contributed by atoms with Gasteiger partial charge in [-0.05, 0) is 31.0 Å². The van der Waals surface area contributed by atoms with E-state index in [1.54, 1.807) is 0 Å². The average molecular weight is 271 g/mol. The molecule has 0 saturated heterocycles. The normalized spacial score (nSPS) is 14.4. The minimum absolute atomic E-state index is 0.312. The Hall–Kier alpha value is -1.00. The Labute approximate surface area is 113 Å². The van der Waals surface area contributed by atoms with E-state index in [1.165, 1.54) is 18.9 Å². The van der Waals surface area contributed by atoms with Gasteiger partial charge >= 0.3 is 0 Å². The molecule has 0 heterocycles. The van der Waals surface area contributed by atoms with Crippen LogP contribution in [0.4, 0.5) is 8.78 Å². The van der Waals surface area contributed by atoms with E-state index in [4.69, 9.17) is 0 Å². The van der Waals surface area contributed by atoms with E-state index < -0.39 is 17.7 Å². The van der Waals surface area contributed by atoms with Crippen LogP contribution >= 0.6 is 0 Å². The van der Waals surface area contributed by atoms with Crippen molar-refractivity contribution in [2.24, 2.45) is 0 Å². The second-order valence-corrected chi connectivity index (χ2v) is 4.99. The van der Waals surface area contributed by atoms with Crippen molar-refractivity contribution in [3.8, 4) is 0 Å². The van der Waals surface area contributed by atoms with Crippen molar-refractivity contribution in [2.45, 2.75) is 51.7 Å². The maximum atomic E-state index is 13.0. The van der Waals surface area contributed by atoms with E-state index in [1.807, 2.05) is 0 Å². The van der Waals surface area contributed by atoms with Gasteiger partial charge in [0.1, 0.15) is 0 Å². The highest BCUT2D eigenvalue weighted by atomic mass is 19.2. The van der Waals surface area contributed by atoms with Gasteiger partial charge in [-0.3, -0.25) is 0 Å². The quantitative estimate of drug-likeness (QED) is 0.709. The minimum Gasteiger partial charge on any atom is -0.387 e. The number of hydrogen-bond acceptors (Lipinski definition) is 2. The summed E-state index contributed by atoms with van der Waals surface area (Å²) in [5.74, 6) is -1.82. The molecule has 0 amide bonds. The van der Waals surface area contributed by atoms with Crippen molar-refractivity contribution in [3.05, 3.63) is 35.4 Å². The average Bonchev–Trinajstić information content (AvgIpc) is 2.39. The standard InChI is InChI=1S/C15H23F2NO/c1-3-4-5-6-11(2)18-10-15(19)12-7-8-13(16)14(17)9-12/h7-9,11,15,18-19H,3-6,10H2,1-2H3. The van der Waals surface area contributed by atoms with Gasteiger partial charge in [-0.25, -0.2) is 8.78 Å². The second-order valence-electron chi connectivity index (χ2n) is 4.99. The molecule has 2 atom stereocenters. The molecule has 2 nitrogen and oxygen atoms in total. The van der Waals surface area contributed by atoms with Crippen molar-refractivity contribution < 1.29 is 13.9 Å². The van der Waals surface area contributed by atoms with Gasteiger partial charge in [-0.1, -0.05) is 32.3 Å². The summed E-state index contributed by atoms with van der Waals surface area (Å²) in [6, 6.07) is 3.81. The lowest BCUT2D eigenvalue weighted by Crippen LogP contribution is -2.30. The Morgan fingerprint density at radius 2 is 1.95 bits per heavy atom. The highest BCUT2D eigenvalue weighted by molar-refractivity contribution is 5.20. The summed E-state index contributed by atoms with van der Waals surface area (Å²) in [6.45, 7) is 4.57. The topological polar surface area (TPSA) is 32.3 Å². The zero-order chi connectivity index (χ0) is 14.3. The van der Waals surface area contributed by atoms with E-state index in [2.05, 4.69) is 19.2 Å². The Bertz CT molecular complexity index is 384. The molecule has 1 aromatic rings. The third-order valence-electron chi connectivity index (χ3n) is 3.23. The molecule has 0 aliphatic heterocycles. The van der Waals surface area contributed by atoms with Crippen molar-refractivity contribution in [3.63, 3.8) is 0 Å². The molecule has 0 aromatic heterocycles. The second kappa shape index (κ2) is 8.23. The number of aliphatic hydroxyl groups excluding tert-OH is 1. The van der Waals surface area contributed by atoms with Crippen LogP contribution in [0.15, 0.2) is 18.2 Å². The molecule has 2 unspecified atom stereocenters. The van der Waals surface area contributed by atoms with Crippen molar-refractivity contribution in [1.82, 2.24) is 5.32 Å². The van der Waals surface area contributed by atoms with Gasteiger partial charge in [0.15, 0.2) is 11.6 Å². The molecule has 0 bridgehead atoms. The molecule has 0 radical (unpaired) electrons. The van der Waals surface area contributed by atoms with Crippen LogP contribution < -0.4 is 5.32 Å². The van der Waals surface area contributed by atoms with E-state index in [-0.39, 0.29) is 0 Å². The van der Waals surface area contributed by atoms with Crippen molar-refractivity contribution in [1.29, 1.82) is 0 Å². The first-order valence-corrected chi connectivity index (χ1v) is 6.91. The summed E-state index contributed by atoms with van der Waals surface area (Å²) in [5, 5.41) is 13.1. The molecule has 0 aliphatic rings. The highest BCUT2D eigenvalue weighted by Crippen LogP contribution is 2.16. The van der Waals surface area contributed by atoms with Crippen molar-refractivity contribution in [2.75, 3.05) is 6.54 Å². The predicted octanol–water partition coefficient (Wildman–Crippen LogP) is 3.56. The monoisotopic (exact) mass is 271 g/mol. The third kappa shape index (κ3) is 5.66. The predicted molar refractivity (Wildman–Crippen MR) is 72.9 cm³/mol. The molecular formula is C15H23F2NO. The van der Waals surface area contributed by atoms with Crippen LogP contribution in [0, 0.1) is 11.6 Å². The molecule has 4 heteroatoms. The number of halogens is 2. The first-order chi connectivity index (χ1) is 9.04. The number of benzene rings is 1. The molecule has 0 saturated carbocycles. The zero-order valence-corrected chi connectivity index (χ0v) is 11.6. The SMILES string of the molecule is CCCCCC(C)NCC(O)c1ccc(F)c(F)c1. The van der Waals surface area contributed by atoms with Gasteiger partial charge < -0.3 is 10.4 Å². The van der Waals surface area contributed by atoms with Crippen LogP contribution in [0.3, 0.4) is 0 Å². The Kier molecular flexibility index (Phi) is 6.95. The van der Waals surface area contributed by atoms with Crippen LogP contribution in [0.25, 0.3) is 0 Å². The molecule has 0 aliphatic carbocycles. The first kappa shape index (κ1) is 16.1. The molecule has 1 aromatic carbocycles. The largest absolute Gasteiger partial charge is 0.387 e. The summed E-state index contributed by atoms with van der Waals surface area (Å²) >= 11 is 0. The van der Waals surface area contributed by atoms with Crippen LogP contribution in [0.1, 0.15) is 51.2 Å². The zero-order valence-electron chi connectivity index (χ0n) is 11.6. The summed E-state index contributed by atoms with van der Waals surface area (Å²) in [7, 11) is 0. The fraction of sp³-hybridized carbons (Fsp3) is 0.600. The van der Waals surface area contributed by atoms with Crippen LogP contribution in [0.2, 0.25) is 0 Å². The fourth-order valence-corrected chi connectivity index (χ4v) is 1.95. The fourth-order valence-electron chi connectivity index (χ4n) is 1.95. The number of nitrogens with one attached hydrogen (secondary N) is 1. The molecule has 108 valence electrons. The highest BCUT2D eigenvalue weighted by Gasteiger charge is 2.12. The summed E-state index contributed by atoms with van der Waals surface area (Å²) in [6.07, 6.45) is 3.79. The van der Waals surface area contributed by atoms with Crippen LogP contribution in [-0.2, 0) is 0 Å². The van der Waals surface area contributed by atoms with Gasteiger partial charge in [0, 0.05) is 12.6 Å². The Morgan fingerprint density at radius 1 is 1.21 bits per heavy atom. The summed E-state index contributed by atoms with van der Waals surface area (Å²) in [4.78, 5) is 0. The number of aliphatic hydroxyl groups is 1. The van der Waals surface area contributed by atoms with Gasteiger partial charge in [0.2, 0.25) is 0 Å². The van der Waals surface area contributed by atoms with E-state index in [0.29, 0.717) is 18.2 Å². The van der Waals surface area contributed by atoms with E-state index in [9.17, 15) is 13.9 Å². The van der Waals surface area contributed by atoms with Gasteiger partial charge in [0.05, 0.1) is 6.10 Å². The molecule has 0 fully saturated rings. The third-order valence-corrected chi connectivity index (χ3v) is 3.23. The van der Waals surface area contributed by atoms with Crippen LogP contribution in [0.5, 0.6) is 0 Å². The van der Waals surface area contributed by atoms with Gasteiger partial charge in [-0.15, -0.1) is 0 Å². The minimum atomic E-state index is -0.924. The van der Waals surface area contributed by atoms with E-state index >= 15 is 0 Å². The molecule has 0 spiro atoms. The van der Waals surface area contributed by atoms with Crippen molar-refractivity contribution >= 4 is 0 Å². The number of hydrogen-bond donors (Lipinski definition) is 2. The smallest absolute Gasteiger partial charge is 0.159 e. The molecule has 19 heavy (non-hydrogen) atoms. The van der Waals surface area contributed by atoms with Crippen LogP contribution in [-0.4, -0.2) is 17.7 Å². The Balaban J connectivity index is 2.37. The van der Waals surface area contributed by atoms with Gasteiger partial charge in [-0.2, -0.15) is 0 Å². The first-order valence-electron chi connectivity index (χ1n) is 6.91. The lowest BCUT2D eigenvalue weighted by Gasteiger charge is -2.17.